The molecule has 0 saturated carbocycles. The molecule has 0 bridgehead atoms. The van der Waals surface area contributed by atoms with Gasteiger partial charge in [0.1, 0.15) is 18.3 Å². The summed E-state index contributed by atoms with van der Waals surface area (Å²) in [7, 11) is 0. The van der Waals surface area contributed by atoms with E-state index in [1.807, 2.05) is 24.3 Å². The first kappa shape index (κ1) is 16.8. The number of nitrogens with one attached hydrogen (secondary N) is 2. The molecule has 0 atom stereocenters. The minimum atomic E-state index is -1.05. The second-order valence-electron chi connectivity index (χ2n) is 4.99. The zero-order valence-electron chi connectivity index (χ0n) is 12.2. The summed E-state index contributed by atoms with van der Waals surface area (Å²) >= 11 is 7.25. The van der Waals surface area contributed by atoms with Gasteiger partial charge in [0.15, 0.2) is 0 Å². The lowest BCUT2D eigenvalue weighted by Gasteiger charge is -2.07. The van der Waals surface area contributed by atoms with E-state index in [2.05, 4.69) is 9.71 Å². The van der Waals surface area contributed by atoms with E-state index in [0.717, 1.165) is 40.2 Å². The predicted molar refractivity (Wildman–Crippen MR) is 91.9 cm³/mol. The molecule has 124 valence electrons. The van der Waals surface area contributed by atoms with Gasteiger partial charge in [-0.05, 0) is 30.1 Å². The number of rotatable bonds is 5. The van der Waals surface area contributed by atoms with Crippen LogP contribution in [-0.4, -0.2) is 4.98 Å². The van der Waals surface area contributed by atoms with Crippen LogP contribution in [0.4, 0.5) is 18.9 Å². The number of benzene rings is 2. The molecule has 0 saturated heterocycles. The highest BCUT2D eigenvalue weighted by Crippen LogP contribution is 2.31. The number of aromatic nitrogens is 1. The Hall–Kier alpha value is -2.05. The first-order valence-corrected chi connectivity index (χ1v) is 8.18. The fourth-order valence-electron chi connectivity index (χ4n) is 2.15. The maximum absolute atomic E-state index is 13.8. The fraction of sp³-hybridized carbons (Fsp3) is 0.0588. The monoisotopic (exact) mass is 368 g/mol. The Balaban J connectivity index is 1.75. The maximum atomic E-state index is 13.8. The lowest BCUT2D eigenvalue weighted by molar-refractivity contribution is 0.460. The van der Waals surface area contributed by atoms with Crippen LogP contribution in [-0.2, 0) is 6.67 Å². The molecule has 0 radical (unpaired) electrons. The molecule has 3 rings (SSSR count). The van der Waals surface area contributed by atoms with Crippen molar-refractivity contribution in [2.75, 3.05) is 4.72 Å². The maximum Gasteiger partial charge on any atom is 0.147 e. The van der Waals surface area contributed by atoms with E-state index in [9.17, 15) is 13.2 Å². The van der Waals surface area contributed by atoms with Crippen LogP contribution in [0.25, 0.3) is 11.3 Å². The van der Waals surface area contributed by atoms with Crippen molar-refractivity contribution in [3.8, 4) is 11.3 Å². The molecule has 2 aromatic carbocycles. The summed E-state index contributed by atoms with van der Waals surface area (Å²) in [5.41, 5.74) is 1.31. The van der Waals surface area contributed by atoms with E-state index < -0.39 is 18.3 Å². The number of alkyl halides is 1. The van der Waals surface area contributed by atoms with Gasteiger partial charge in [0.2, 0.25) is 0 Å². The third kappa shape index (κ3) is 3.55. The van der Waals surface area contributed by atoms with Crippen LogP contribution in [0.2, 0.25) is 5.02 Å². The molecule has 0 spiro atoms. The van der Waals surface area contributed by atoms with Crippen molar-refractivity contribution in [2.45, 2.75) is 11.6 Å². The Morgan fingerprint density at radius 2 is 1.88 bits per heavy atom. The van der Waals surface area contributed by atoms with Gasteiger partial charge in [-0.1, -0.05) is 29.8 Å². The Morgan fingerprint density at radius 1 is 1.08 bits per heavy atom. The number of hydrogen-bond acceptors (Lipinski definition) is 2. The van der Waals surface area contributed by atoms with Crippen molar-refractivity contribution in [3.05, 3.63) is 70.9 Å². The minimum absolute atomic E-state index is 0.0461. The predicted octanol–water partition coefficient (Wildman–Crippen LogP) is 6.20. The van der Waals surface area contributed by atoms with Crippen LogP contribution >= 0.6 is 23.5 Å². The van der Waals surface area contributed by atoms with Gasteiger partial charge in [-0.3, -0.25) is 0 Å². The van der Waals surface area contributed by atoms with Crippen molar-refractivity contribution < 1.29 is 13.2 Å². The third-order valence-electron chi connectivity index (χ3n) is 3.38. The Kier molecular flexibility index (Phi) is 5.06. The summed E-state index contributed by atoms with van der Waals surface area (Å²) < 4.78 is 42.6. The van der Waals surface area contributed by atoms with Gasteiger partial charge in [-0.25, -0.2) is 13.2 Å². The standard InChI is InChI=1S/C17H12ClF3N2S/c18-13-4-2-1-3-12(13)16-6-11(9-22-16)24-23-17-7-14(20)10(8-19)5-15(17)21/h1-7,9,22-23H,8H2. The Bertz CT molecular complexity index is 867. The highest BCUT2D eigenvalue weighted by atomic mass is 35.5. The SMILES string of the molecule is FCc1cc(F)c(NSc2c[nH]c(-c3ccccc3Cl)c2)cc1F. The van der Waals surface area contributed by atoms with Crippen LogP contribution in [0.1, 0.15) is 5.56 Å². The van der Waals surface area contributed by atoms with Crippen LogP contribution in [0.5, 0.6) is 0 Å². The van der Waals surface area contributed by atoms with E-state index in [0.29, 0.717) is 5.02 Å². The van der Waals surface area contributed by atoms with E-state index in [1.54, 1.807) is 12.3 Å². The average Bonchev–Trinajstić information content (AvgIpc) is 3.04. The van der Waals surface area contributed by atoms with Gasteiger partial charge >= 0.3 is 0 Å². The molecule has 7 heteroatoms. The van der Waals surface area contributed by atoms with E-state index in [4.69, 9.17) is 11.6 Å². The van der Waals surface area contributed by atoms with Crippen molar-refractivity contribution in [1.82, 2.24) is 4.98 Å². The average molecular weight is 369 g/mol. The van der Waals surface area contributed by atoms with Gasteiger partial charge < -0.3 is 9.71 Å². The molecule has 2 nitrogen and oxygen atoms in total. The van der Waals surface area contributed by atoms with Crippen LogP contribution in [0.3, 0.4) is 0 Å². The van der Waals surface area contributed by atoms with Gasteiger partial charge in [0.05, 0.1) is 5.69 Å². The third-order valence-corrected chi connectivity index (χ3v) is 4.50. The largest absolute Gasteiger partial charge is 0.360 e. The minimum Gasteiger partial charge on any atom is -0.360 e. The molecule has 0 fully saturated rings. The summed E-state index contributed by atoms with van der Waals surface area (Å²) in [6.45, 7) is -1.05. The molecule has 1 heterocycles. The van der Waals surface area contributed by atoms with Crippen LogP contribution < -0.4 is 4.72 Å². The second kappa shape index (κ2) is 7.23. The summed E-state index contributed by atoms with van der Waals surface area (Å²) in [4.78, 5) is 3.84. The molecule has 24 heavy (non-hydrogen) atoms. The van der Waals surface area contributed by atoms with Gasteiger partial charge in [0, 0.05) is 39.0 Å². The fourth-order valence-corrected chi connectivity index (χ4v) is 3.07. The lowest BCUT2D eigenvalue weighted by atomic mass is 10.1. The normalized spacial score (nSPS) is 10.8. The molecule has 1 aromatic heterocycles. The quantitative estimate of drug-likeness (QED) is 0.524. The van der Waals surface area contributed by atoms with Crippen molar-refractivity contribution in [1.29, 1.82) is 0 Å². The smallest absolute Gasteiger partial charge is 0.147 e. The first-order valence-electron chi connectivity index (χ1n) is 6.98. The second-order valence-corrected chi connectivity index (χ2v) is 6.28. The molecular weight excluding hydrogens is 357 g/mol. The van der Waals surface area contributed by atoms with Gasteiger partial charge in [-0.2, -0.15) is 0 Å². The molecule has 3 aromatic rings. The van der Waals surface area contributed by atoms with Crippen molar-refractivity contribution in [3.63, 3.8) is 0 Å². The molecule has 2 N–H and O–H groups in total. The molecule has 0 amide bonds. The Labute approximate surface area is 146 Å². The first-order chi connectivity index (χ1) is 11.6. The Morgan fingerprint density at radius 3 is 2.62 bits per heavy atom. The molecular formula is C17H12ClF3N2S. The zero-order chi connectivity index (χ0) is 17.1. The number of halogens is 4. The number of anilines is 1. The molecule has 0 aliphatic rings. The topological polar surface area (TPSA) is 27.8 Å². The number of H-pyrrole nitrogens is 1. The summed E-state index contributed by atoms with van der Waals surface area (Å²) in [6.07, 6.45) is 1.72. The van der Waals surface area contributed by atoms with Crippen LogP contribution in [0, 0.1) is 11.6 Å². The summed E-state index contributed by atoms with van der Waals surface area (Å²) in [6, 6.07) is 11.0. The van der Waals surface area contributed by atoms with E-state index in [-0.39, 0.29) is 11.3 Å². The van der Waals surface area contributed by atoms with Crippen LogP contribution in [0.15, 0.2) is 53.6 Å². The molecule has 0 aliphatic heterocycles. The highest BCUT2D eigenvalue weighted by molar-refractivity contribution is 8.00. The van der Waals surface area contributed by atoms with Crippen molar-refractivity contribution in [2.24, 2.45) is 0 Å². The van der Waals surface area contributed by atoms with E-state index in [1.165, 1.54) is 0 Å². The molecule has 0 aliphatic carbocycles. The number of hydrogen-bond donors (Lipinski definition) is 2. The summed E-state index contributed by atoms with van der Waals surface area (Å²) in [5, 5.41) is 0.610. The number of aromatic amines is 1. The van der Waals surface area contributed by atoms with Gasteiger partial charge in [-0.15, -0.1) is 0 Å². The van der Waals surface area contributed by atoms with Gasteiger partial charge in [0.25, 0.3) is 0 Å². The summed E-state index contributed by atoms with van der Waals surface area (Å²) in [5.74, 6) is -1.49. The molecule has 0 unspecified atom stereocenters. The highest BCUT2D eigenvalue weighted by Gasteiger charge is 2.11. The lowest BCUT2D eigenvalue weighted by Crippen LogP contribution is -1.95. The van der Waals surface area contributed by atoms with E-state index >= 15 is 0 Å². The zero-order valence-corrected chi connectivity index (χ0v) is 13.8. The van der Waals surface area contributed by atoms with Crippen molar-refractivity contribution >= 4 is 29.2 Å².